The van der Waals surface area contributed by atoms with Crippen molar-refractivity contribution >= 4 is 0 Å². The summed E-state index contributed by atoms with van der Waals surface area (Å²) in [5.41, 5.74) is 2.74. The summed E-state index contributed by atoms with van der Waals surface area (Å²) in [5.74, 6) is -0.744. The molecule has 1 unspecified atom stereocenters. The molecule has 0 aromatic heterocycles. The van der Waals surface area contributed by atoms with Crippen LogP contribution in [0.4, 0.5) is 8.78 Å². The van der Waals surface area contributed by atoms with E-state index in [1.165, 1.54) is 12.1 Å². The van der Waals surface area contributed by atoms with E-state index in [-0.39, 0.29) is 17.7 Å². The van der Waals surface area contributed by atoms with Gasteiger partial charge in [-0.3, -0.25) is 0 Å². The van der Waals surface area contributed by atoms with Gasteiger partial charge in [0.1, 0.15) is 11.6 Å². The summed E-state index contributed by atoms with van der Waals surface area (Å²) in [7, 11) is 0. The first kappa shape index (κ1) is 15.6. The first-order chi connectivity index (χ1) is 10.0. The van der Waals surface area contributed by atoms with E-state index in [1.54, 1.807) is 6.92 Å². The Morgan fingerprint density at radius 1 is 1.05 bits per heavy atom. The van der Waals surface area contributed by atoms with Gasteiger partial charge in [-0.05, 0) is 50.1 Å². The Morgan fingerprint density at radius 3 is 2.48 bits per heavy atom. The van der Waals surface area contributed by atoms with Crippen LogP contribution in [0.25, 0.3) is 0 Å². The third kappa shape index (κ3) is 3.67. The Hall–Kier alpha value is -1.74. The van der Waals surface area contributed by atoms with Crippen molar-refractivity contribution in [2.45, 2.75) is 33.2 Å². The molecule has 21 heavy (non-hydrogen) atoms. The second-order valence-electron chi connectivity index (χ2n) is 5.42. The van der Waals surface area contributed by atoms with Gasteiger partial charge in [-0.1, -0.05) is 36.8 Å². The van der Waals surface area contributed by atoms with Gasteiger partial charge in [0.25, 0.3) is 0 Å². The first-order valence-electron chi connectivity index (χ1n) is 7.28. The number of hydrogen-bond acceptors (Lipinski definition) is 1. The number of nitrogens with one attached hydrogen (secondary N) is 1. The Labute approximate surface area is 125 Å². The highest BCUT2D eigenvalue weighted by Gasteiger charge is 2.19. The second kappa shape index (κ2) is 6.81. The molecular formula is C18H21F2N. The molecule has 1 N–H and O–H groups in total. The molecule has 0 aliphatic heterocycles. The van der Waals surface area contributed by atoms with E-state index in [2.05, 4.69) is 5.32 Å². The third-order valence-electron chi connectivity index (χ3n) is 3.56. The number of halogens is 2. The lowest BCUT2D eigenvalue weighted by atomic mass is 9.95. The lowest BCUT2D eigenvalue weighted by molar-refractivity contribution is 0.532. The molecule has 1 nitrogen and oxygen atoms in total. The molecule has 0 amide bonds. The smallest absolute Gasteiger partial charge is 0.128 e. The Morgan fingerprint density at radius 2 is 1.81 bits per heavy atom. The zero-order valence-corrected chi connectivity index (χ0v) is 12.7. The summed E-state index contributed by atoms with van der Waals surface area (Å²) >= 11 is 0. The average Bonchev–Trinajstić information content (AvgIpc) is 2.44. The third-order valence-corrected chi connectivity index (χ3v) is 3.56. The molecule has 0 bridgehead atoms. The minimum absolute atomic E-state index is 0.328. The van der Waals surface area contributed by atoms with Crippen molar-refractivity contribution in [3.05, 3.63) is 70.3 Å². The first-order valence-corrected chi connectivity index (χ1v) is 7.28. The Balaban J connectivity index is 2.47. The molecule has 0 saturated carbocycles. The molecule has 2 rings (SSSR count). The van der Waals surface area contributed by atoms with Crippen LogP contribution < -0.4 is 5.32 Å². The topological polar surface area (TPSA) is 12.0 Å². The average molecular weight is 289 g/mol. The SMILES string of the molecule is CCCNC(c1cccc(C)c1)c1cc(F)c(C)cc1F. The van der Waals surface area contributed by atoms with Crippen LogP contribution in [-0.4, -0.2) is 6.54 Å². The van der Waals surface area contributed by atoms with Crippen LogP contribution >= 0.6 is 0 Å². The maximum atomic E-state index is 14.3. The van der Waals surface area contributed by atoms with Gasteiger partial charge in [-0.2, -0.15) is 0 Å². The predicted octanol–water partition coefficient (Wildman–Crippen LogP) is 4.67. The summed E-state index contributed by atoms with van der Waals surface area (Å²) in [6.45, 7) is 6.36. The van der Waals surface area contributed by atoms with Gasteiger partial charge in [0.15, 0.2) is 0 Å². The van der Waals surface area contributed by atoms with Crippen molar-refractivity contribution in [1.29, 1.82) is 0 Å². The van der Waals surface area contributed by atoms with Crippen molar-refractivity contribution in [1.82, 2.24) is 5.32 Å². The maximum absolute atomic E-state index is 14.3. The van der Waals surface area contributed by atoms with Crippen molar-refractivity contribution < 1.29 is 8.78 Å². The van der Waals surface area contributed by atoms with Crippen molar-refractivity contribution in [2.75, 3.05) is 6.54 Å². The molecule has 0 saturated heterocycles. The molecule has 0 fully saturated rings. The van der Waals surface area contributed by atoms with Gasteiger partial charge >= 0.3 is 0 Å². The van der Waals surface area contributed by atoms with Crippen LogP contribution in [0, 0.1) is 25.5 Å². The zero-order chi connectivity index (χ0) is 15.4. The van der Waals surface area contributed by atoms with Crippen LogP contribution in [0.5, 0.6) is 0 Å². The van der Waals surface area contributed by atoms with Gasteiger partial charge in [0.05, 0.1) is 6.04 Å². The molecular weight excluding hydrogens is 268 g/mol. The van der Waals surface area contributed by atoms with Crippen LogP contribution in [0.2, 0.25) is 0 Å². The second-order valence-corrected chi connectivity index (χ2v) is 5.42. The molecule has 0 heterocycles. The van der Waals surface area contributed by atoms with E-state index in [4.69, 9.17) is 0 Å². The minimum Gasteiger partial charge on any atom is -0.306 e. The van der Waals surface area contributed by atoms with E-state index >= 15 is 0 Å². The number of aryl methyl sites for hydroxylation is 2. The number of hydrogen-bond donors (Lipinski definition) is 1. The Bertz CT molecular complexity index is 623. The van der Waals surface area contributed by atoms with Crippen LogP contribution in [0.1, 0.15) is 41.6 Å². The molecule has 0 spiro atoms. The maximum Gasteiger partial charge on any atom is 0.128 e. The predicted molar refractivity (Wildman–Crippen MR) is 82.4 cm³/mol. The molecule has 0 aliphatic rings. The lowest BCUT2D eigenvalue weighted by Crippen LogP contribution is -2.24. The summed E-state index contributed by atoms with van der Waals surface area (Å²) in [6.07, 6.45) is 0.929. The van der Waals surface area contributed by atoms with Crippen LogP contribution in [0.3, 0.4) is 0 Å². The lowest BCUT2D eigenvalue weighted by Gasteiger charge is -2.21. The van der Waals surface area contributed by atoms with Gasteiger partial charge in [-0.15, -0.1) is 0 Å². The summed E-state index contributed by atoms with van der Waals surface area (Å²) in [6, 6.07) is 10.1. The van der Waals surface area contributed by atoms with Gasteiger partial charge in [-0.25, -0.2) is 8.78 Å². The number of benzene rings is 2. The fourth-order valence-corrected chi connectivity index (χ4v) is 2.43. The number of rotatable bonds is 5. The summed E-state index contributed by atoms with van der Waals surface area (Å²) < 4.78 is 28.1. The van der Waals surface area contributed by atoms with E-state index < -0.39 is 0 Å². The Kier molecular flexibility index (Phi) is 5.07. The molecule has 0 radical (unpaired) electrons. The monoisotopic (exact) mass is 289 g/mol. The molecule has 2 aromatic rings. The highest BCUT2D eigenvalue weighted by atomic mass is 19.1. The van der Waals surface area contributed by atoms with Crippen molar-refractivity contribution in [2.24, 2.45) is 0 Å². The zero-order valence-electron chi connectivity index (χ0n) is 12.7. The quantitative estimate of drug-likeness (QED) is 0.843. The summed E-state index contributed by atoms with van der Waals surface area (Å²) in [5, 5.41) is 3.31. The van der Waals surface area contributed by atoms with Crippen molar-refractivity contribution in [3.8, 4) is 0 Å². The van der Waals surface area contributed by atoms with E-state index in [0.717, 1.165) is 24.1 Å². The van der Waals surface area contributed by atoms with E-state index in [0.29, 0.717) is 11.1 Å². The van der Waals surface area contributed by atoms with Gasteiger partial charge in [0, 0.05) is 5.56 Å². The molecule has 0 aliphatic carbocycles. The molecule has 112 valence electrons. The fraction of sp³-hybridized carbons (Fsp3) is 0.333. The molecule has 1 atom stereocenters. The largest absolute Gasteiger partial charge is 0.306 e. The van der Waals surface area contributed by atoms with Crippen LogP contribution in [0.15, 0.2) is 36.4 Å². The van der Waals surface area contributed by atoms with Gasteiger partial charge in [0.2, 0.25) is 0 Å². The normalized spacial score (nSPS) is 12.4. The van der Waals surface area contributed by atoms with E-state index in [1.807, 2.05) is 38.1 Å². The highest BCUT2D eigenvalue weighted by Crippen LogP contribution is 2.27. The standard InChI is InChI=1S/C18H21F2N/c1-4-8-21-18(14-7-5-6-12(2)9-14)15-11-16(19)13(3)10-17(15)20/h5-7,9-11,18,21H,4,8H2,1-3H3. The highest BCUT2D eigenvalue weighted by molar-refractivity contribution is 5.36. The van der Waals surface area contributed by atoms with E-state index in [9.17, 15) is 8.78 Å². The molecule has 2 aromatic carbocycles. The summed E-state index contributed by atoms with van der Waals surface area (Å²) in [4.78, 5) is 0. The van der Waals surface area contributed by atoms with Crippen LogP contribution in [-0.2, 0) is 0 Å². The fourth-order valence-electron chi connectivity index (χ4n) is 2.43. The van der Waals surface area contributed by atoms with Crippen molar-refractivity contribution in [3.63, 3.8) is 0 Å². The molecule has 3 heteroatoms. The minimum atomic E-state index is -0.373. The van der Waals surface area contributed by atoms with Gasteiger partial charge < -0.3 is 5.32 Å².